The summed E-state index contributed by atoms with van der Waals surface area (Å²) in [5.41, 5.74) is 9.01. The number of hydrogen-bond acceptors (Lipinski definition) is 2. The van der Waals surface area contributed by atoms with Gasteiger partial charge in [0.25, 0.3) is 0 Å². The first-order valence-electron chi connectivity index (χ1n) is 7.64. The van der Waals surface area contributed by atoms with Gasteiger partial charge in [-0.15, -0.1) is 0 Å². The van der Waals surface area contributed by atoms with E-state index in [9.17, 15) is 0 Å². The van der Waals surface area contributed by atoms with E-state index in [2.05, 4.69) is 49.9 Å². The fourth-order valence-electron chi connectivity index (χ4n) is 2.96. The smallest absolute Gasteiger partial charge is 0.0424 e. The Morgan fingerprint density at radius 3 is 2.42 bits per heavy atom. The number of piperidine rings is 1. The lowest BCUT2D eigenvalue weighted by molar-refractivity contribution is 0.175. The normalized spacial score (nSPS) is 22.7. The van der Waals surface area contributed by atoms with Crippen molar-refractivity contribution < 1.29 is 0 Å². The van der Waals surface area contributed by atoms with Crippen LogP contribution in [-0.2, 0) is 0 Å². The van der Waals surface area contributed by atoms with Gasteiger partial charge in [0, 0.05) is 19.1 Å². The second-order valence-corrected chi connectivity index (χ2v) is 6.43. The van der Waals surface area contributed by atoms with Gasteiger partial charge in [0.05, 0.1) is 0 Å². The molecule has 1 heterocycles. The van der Waals surface area contributed by atoms with Crippen molar-refractivity contribution in [2.45, 2.75) is 45.6 Å². The number of benzene rings is 1. The third kappa shape index (κ3) is 4.05. The minimum atomic E-state index is 0.145. The Bertz CT molecular complexity index is 383. The van der Waals surface area contributed by atoms with Crippen LogP contribution < -0.4 is 5.73 Å². The van der Waals surface area contributed by atoms with Gasteiger partial charge < -0.3 is 10.6 Å². The lowest BCUT2D eigenvalue weighted by Crippen LogP contribution is -2.39. The molecule has 0 spiro atoms. The van der Waals surface area contributed by atoms with E-state index < -0.39 is 0 Å². The first-order chi connectivity index (χ1) is 9.06. The molecule has 106 valence electrons. The number of likely N-dealkylation sites (tertiary alicyclic amines) is 1. The minimum Gasteiger partial charge on any atom is -0.323 e. The number of hydrogen-bond donors (Lipinski definition) is 1. The Kier molecular flexibility index (Phi) is 5.00. The standard InChI is InChI=1S/C17H28N2/c1-13(2)15-6-8-16(9-7-15)17(18)12-19-10-4-5-14(3)11-19/h6-9,13-14,17H,4-5,10-12,18H2,1-3H3. The SMILES string of the molecule is CC1CCCN(CC(N)c2ccc(C(C)C)cc2)C1. The van der Waals surface area contributed by atoms with Crippen molar-refractivity contribution in [2.24, 2.45) is 11.7 Å². The number of rotatable bonds is 4. The summed E-state index contributed by atoms with van der Waals surface area (Å²) in [4.78, 5) is 2.52. The molecule has 2 N–H and O–H groups in total. The summed E-state index contributed by atoms with van der Waals surface area (Å²) in [5.74, 6) is 1.41. The molecule has 1 aliphatic rings. The highest BCUT2D eigenvalue weighted by Crippen LogP contribution is 2.21. The maximum Gasteiger partial charge on any atom is 0.0424 e. The molecule has 1 fully saturated rings. The molecule has 2 nitrogen and oxygen atoms in total. The molecule has 1 aromatic rings. The summed E-state index contributed by atoms with van der Waals surface area (Å²) in [6.07, 6.45) is 2.69. The molecule has 2 unspecified atom stereocenters. The molecule has 0 radical (unpaired) electrons. The van der Waals surface area contributed by atoms with Crippen molar-refractivity contribution in [1.82, 2.24) is 4.90 Å². The Morgan fingerprint density at radius 1 is 1.21 bits per heavy atom. The molecule has 1 saturated heterocycles. The zero-order valence-corrected chi connectivity index (χ0v) is 12.6. The van der Waals surface area contributed by atoms with Crippen LogP contribution in [0.3, 0.4) is 0 Å². The maximum absolute atomic E-state index is 6.36. The van der Waals surface area contributed by atoms with E-state index in [0.717, 1.165) is 12.5 Å². The molecule has 0 saturated carbocycles. The van der Waals surface area contributed by atoms with Crippen LogP contribution in [-0.4, -0.2) is 24.5 Å². The van der Waals surface area contributed by atoms with Gasteiger partial charge in [-0.1, -0.05) is 45.0 Å². The number of nitrogens with two attached hydrogens (primary N) is 1. The van der Waals surface area contributed by atoms with Crippen LogP contribution >= 0.6 is 0 Å². The zero-order valence-electron chi connectivity index (χ0n) is 12.6. The van der Waals surface area contributed by atoms with E-state index in [1.807, 2.05) is 0 Å². The molecule has 19 heavy (non-hydrogen) atoms. The lowest BCUT2D eigenvalue weighted by Gasteiger charge is -2.32. The van der Waals surface area contributed by atoms with Gasteiger partial charge in [-0.2, -0.15) is 0 Å². The summed E-state index contributed by atoms with van der Waals surface area (Å²) >= 11 is 0. The Hall–Kier alpha value is -0.860. The van der Waals surface area contributed by atoms with E-state index in [4.69, 9.17) is 5.73 Å². The van der Waals surface area contributed by atoms with Crippen molar-refractivity contribution in [1.29, 1.82) is 0 Å². The maximum atomic E-state index is 6.36. The molecule has 1 aliphatic heterocycles. The van der Waals surface area contributed by atoms with Gasteiger partial charge in [-0.25, -0.2) is 0 Å². The molecule has 2 heteroatoms. The summed E-state index contributed by atoms with van der Waals surface area (Å²) in [6, 6.07) is 8.99. The predicted octanol–water partition coefficient (Wildman–Crippen LogP) is 3.54. The molecule has 2 rings (SSSR count). The van der Waals surface area contributed by atoms with Crippen LogP contribution in [0.2, 0.25) is 0 Å². The van der Waals surface area contributed by atoms with Crippen LogP contribution in [0.25, 0.3) is 0 Å². The third-order valence-corrected chi connectivity index (χ3v) is 4.23. The van der Waals surface area contributed by atoms with Gasteiger partial charge in [0.15, 0.2) is 0 Å². The molecular weight excluding hydrogens is 232 g/mol. The van der Waals surface area contributed by atoms with Crippen molar-refractivity contribution in [3.05, 3.63) is 35.4 Å². The Morgan fingerprint density at radius 2 is 1.84 bits per heavy atom. The first-order valence-corrected chi connectivity index (χ1v) is 7.64. The average Bonchev–Trinajstić information content (AvgIpc) is 2.39. The molecule has 0 bridgehead atoms. The zero-order chi connectivity index (χ0) is 13.8. The topological polar surface area (TPSA) is 29.3 Å². The van der Waals surface area contributed by atoms with Crippen molar-refractivity contribution in [2.75, 3.05) is 19.6 Å². The second-order valence-electron chi connectivity index (χ2n) is 6.43. The fourth-order valence-corrected chi connectivity index (χ4v) is 2.96. The largest absolute Gasteiger partial charge is 0.323 e. The monoisotopic (exact) mass is 260 g/mol. The molecule has 1 aromatic carbocycles. The molecule has 2 atom stereocenters. The van der Waals surface area contributed by atoms with Crippen molar-refractivity contribution >= 4 is 0 Å². The van der Waals surface area contributed by atoms with Crippen LogP contribution in [0, 0.1) is 5.92 Å². The highest BCUT2D eigenvalue weighted by molar-refractivity contribution is 5.26. The van der Waals surface area contributed by atoms with Crippen molar-refractivity contribution in [3.8, 4) is 0 Å². The minimum absolute atomic E-state index is 0.145. The quantitative estimate of drug-likeness (QED) is 0.897. The highest BCUT2D eigenvalue weighted by atomic mass is 15.1. The van der Waals surface area contributed by atoms with E-state index in [-0.39, 0.29) is 6.04 Å². The number of nitrogens with zero attached hydrogens (tertiary/aromatic N) is 1. The molecule has 0 amide bonds. The summed E-state index contributed by atoms with van der Waals surface area (Å²) < 4.78 is 0. The molecule has 0 aromatic heterocycles. The van der Waals surface area contributed by atoms with Gasteiger partial charge in [0.2, 0.25) is 0 Å². The summed E-state index contributed by atoms with van der Waals surface area (Å²) in [7, 11) is 0. The molecular formula is C17H28N2. The van der Waals surface area contributed by atoms with Crippen LogP contribution in [0.1, 0.15) is 56.7 Å². The van der Waals surface area contributed by atoms with Gasteiger partial charge in [-0.05, 0) is 42.3 Å². The van der Waals surface area contributed by atoms with Gasteiger partial charge in [0.1, 0.15) is 0 Å². The van der Waals surface area contributed by atoms with E-state index in [1.165, 1.54) is 37.1 Å². The Labute approximate surface area is 118 Å². The van der Waals surface area contributed by atoms with E-state index >= 15 is 0 Å². The lowest BCUT2D eigenvalue weighted by atomic mass is 9.97. The van der Waals surface area contributed by atoms with Gasteiger partial charge in [-0.3, -0.25) is 0 Å². The van der Waals surface area contributed by atoms with Crippen LogP contribution in [0.4, 0.5) is 0 Å². The van der Waals surface area contributed by atoms with Crippen LogP contribution in [0.5, 0.6) is 0 Å². The average molecular weight is 260 g/mol. The van der Waals surface area contributed by atoms with Crippen LogP contribution in [0.15, 0.2) is 24.3 Å². The van der Waals surface area contributed by atoms with Crippen molar-refractivity contribution in [3.63, 3.8) is 0 Å². The Balaban J connectivity index is 1.93. The second kappa shape index (κ2) is 6.53. The fraction of sp³-hybridized carbons (Fsp3) is 0.647. The van der Waals surface area contributed by atoms with E-state index in [0.29, 0.717) is 5.92 Å². The van der Waals surface area contributed by atoms with Gasteiger partial charge >= 0.3 is 0 Å². The highest BCUT2D eigenvalue weighted by Gasteiger charge is 2.18. The summed E-state index contributed by atoms with van der Waals surface area (Å²) in [5, 5.41) is 0. The first kappa shape index (κ1) is 14.5. The molecule has 0 aliphatic carbocycles. The third-order valence-electron chi connectivity index (χ3n) is 4.23. The van der Waals surface area contributed by atoms with E-state index in [1.54, 1.807) is 0 Å². The summed E-state index contributed by atoms with van der Waals surface area (Å²) in [6.45, 7) is 10.2. The predicted molar refractivity (Wildman–Crippen MR) is 82.3 cm³/mol.